The fourth-order valence-electron chi connectivity index (χ4n) is 4.77. The number of esters is 3. The predicted octanol–water partition coefficient (Wildman–Crippen LogP) is 3.79. The molecule has 11 heteroatoms. The average molecular weight is 622 g/mol. The normalized spacial score (nSPS) is 23.5. The van der Waals surface area contributed by atoms with Gasteiger partial charge in [0.25, 0.3) is 11.8 Å². The van der Waals surface area contributed by atoms with Crippen molar-refractivity contribution in [2.45, 2.75) is 36.3 Å². The van der Waals surface area contributed by atoms with Crippen LogP contribution in [0.2, 0.25) is 0 Å². The molecule has 0 aromatic heterocycles. The van der Waals surface area contributed by atoms with Gasteiger partial charge < -0.3 is 18.9 Å². The summed E-state index contributed by atoms with van der Waals surface area (Å²) in [5, 5.41) is -1.09. The highest BCUT2D eigenvalue weighted by Crippen LogP contribution is 2.37. The van der Waals surface area contributed by atoms with Crippen LogP contribution in [0.3, 0.4) is 0 Å². The second kappa shape index (κ2) is 12.0. The standard InChI is InChI=1S/C30H24BrNO9/c1-17(33)38-16-22-24(40-29(36)18-10-4-2-5-11-18)25(41-30(37)19-12-6-3-7-13-19)23(26(31)39-22)32-27(34)20-14-8-9-15-21(20)28(32)35/h2-15,22-26H,16H2,1H3/t22-,23-,24-,25-,26-/m1/s1. The zero-order valence-corrected chi connectivity index (χ0v) is 23.3. The van der Waals surface area contributed by atoms with Crippen LogP contribution >= 0.6 is 15.9 Å². The lowest BCUT2D eigenvalue weighted by Gasteiger charge is -2.46. The minimum atomic E-state index is -1.42. The van der Waals surface area contributed by atoms with E-state index >= 15 is 0 Å². The molecular formula is C30H24BrNO9. The smallest absolute Gasteiger partial charge is 0.338 e. The highest BCUT2D eigenvalue weighted by Gasteiger charge is 2.56. The molecule has 0 unspecified atom stereocenters. The first-order valence-electron chi connectivity index (χ1n) is 12.7. The number of hydrogen-bond donors (Lipinski definition) is 0. The number of benzene rings is 3. The van der Waals surface area contributed by atoms with Gasteiger partial charge in [0.2, 0.25) is 0 Å². The molecule has 0 saturated carbocycles. The Hall–Kier alpha value is -4.35. The van der Waals surface area contributed by atoms with E-state index < -0.39 is 59.1 Å². The SMILES string of the molecule is CC(=O)OC[C@H]1O[C@@H](Br)[C@H](N2C(=O)c3ccccc3C2=O)[C@@H](OC(=O)c2ccccc2)[C@@H]1OC(=O)c1ccccc1. The molecule has 2 heterocycles. The van der Waals surface area contributed by atoms with E-state index in [2.05, 4.69) is 15.9 Å². The number of fused-ring (bicyclic) bond motifs is 1. The number of hydrogen-bond acceptors (Lipinski definition) is 9. The third-order valence-corrected chi connectivity index (χ3v) is 7.44. The molecule has 41 heavy (non-hydrogen) atoms. The monoisotopic (exact) mass is 621 g/mol. The molecule has 10 nitrogen and oxygen atoms in total. The van der Waals surface area contributed by atoms with Crippen molar-refractivity contribution in [1.82, 2.24) is 4.90 Å². The second-order valence-electron chi connectivity index (χ2n) is 9.32. The highest BCUT2D eigenvalue weighted by molar-refractivity contribution is 9.09. The second-order valence-corrected chi connectivity index (χ2v) is 10.2. The van der Waals surface area contributed by atoms with Crippen molar-refractivity contribution < 1.29 is 42.9 Å². The van der Waals surface area contributed by atoms with Crippen LogP contribution in [-0.2, 0) is 23.7 Å². The Balaban J connectivity index is 1.57. The van der Waals surface area contributed by atoms with Gasteiger partial charge in [-0.15, -0.1) is 0 Å². The molecule has 1 fully saturated rings. The van der Waals surface area contributed by atoms with Gasteiger partial charge in [0.05, 0.1) is 22.3 Å². The lowest BCUT2D eigenvalue weighted by Crippen LogP contribution is -2.65. The van der Waals surface area contributed by atoms with E-state index in [1.165, 1.54) is 43.3 Å². The number of nitrogens with zero attached hydrogens (tertiary/aromatic N) is 1. The Bertz CT molecular complexity index is 1440. The van der Waals surface area contributed by atoms with E-state index in [1.54, 1.807) is 48.5 Å². The minimum Gasteiger partial charge on any atom is -0.463 e. The molecule has 0 radical (unpaired) electrons. The van der Waals surface area contributed by atoms with E-state index in [0.29, 0.717) is 0 Å². The van der Waals surface area contributed by atoms with Gasteiger partial charge in [0.1, 0.15) is 23.8 Å². The number of imide groups is 1. The first-order chi connectivity index (χ1) is 19.8. The molecular weight excluding hydrogens is 598 g/mol. The highest BCUT2D eigenvalue weighted by atomic mass is 79.9. The van der Waals surface area contributed by atoms with Crippen molar-refractivity contribution in [1.29, 1.82) is 0 Å². The molecule has 0 N–H and O–H groups in total. The number of rotatable bonds is 7. The Labute approximate surface area is 243 Å². The number of carbonyl (C=O) groups excluding carboxylic acids is 5. The molecule has 0 bridgehead atoms. The van der Waals surface area contributed by atoms with Crippen LogP contribution in [0.25, 0.3) is 0 Å². The Kier molecular flexibility index (Phi) is 8.27. The minimum absolute atomic E-state index is 0.171. The van der Waals surface area contributed by atoms with Gasteiger partial charge in [-0.25, -0.2) is 9.59 Å². The Morgan fingerprint density at radius 1 is 0.756 bits per heavy atom. The summed E-state index contributed by atoms with van der Waals surface area (Å²) in [6.07, 6.45) is -3.94. The van der Waals surface area contributed by atoms with E-state index in [-0.39, 0.29) is 28.9 Å². The third kappa shape index (κ3) is 5.77. The summed E-state index contributed by atoms with van der Waals surface area (Å²) in [6, 6.07) is 21.2. The van der Waals surface area contributed by atoms with Crippen LogP contribution in [0.5, 0.6) is 0 Å². The largest absolute Gasteiger partial charge is 0.463 e. The first-order valence-corrected chi connectivity index (χ1v) is 13.6. The molecule has 1 saturated heterocycles. The van der Waals surface area contributed by atoms with Crippen molar-refractivity contribution in [2.24, 2.45) is 0 Å². The maximum Gasteiger partial charge on any atom is 0.338 e. The van der Waals surface area contributed by atoms with Crippen LogP contribution in [-0.4, -0.2) is 70.6 Å². The quantitative estimate of drug-likeness (QED) is 0.168. The lowest BCUT2D eigenvalue weighted by atomic mass is 9.96. The summed E-state index contributed by atoms with van der Waals surface area (Å²) >= 11 is 3.40. The zero-order chi connectivity index (χ0) is 29.1. The molecule has 0 spiro atoms. The van der Waals surface area contributed by atoms with Crippen molar-refractivity contribution in [2.75, 3.05) is 6.61 Å². The van der Waals surface area contributed by atoms with Gasteiger partial charge in [0.15, 0.2) is 12.2 Å². The predicted molar refractivity (Wildman–Crippen MR) is 146 cm³/mol. The number of amides is 2. The molecule has 0 aliphatic carbocycles. The molecule has 210 valence electrons. The van der Waals surface area contributed by atoms with Crippen molar-refractivity contribution in [3.05, 3.63) is 107 Å². The molecule has 2 amide bonds. The lowest BCUT2D eigenvalue weighted by molar-refractivity contribution is -0.190. The third-order valence-electron chi connectivity index (χ3n) is 6.68. The summed E-state index contributed by atoms with van der Waals surface area (Å²) in [5.41, 5.74) is 0.733. The van der Waals surface area contributed by atoms with Gasteiger partial charge in [0, 0.05) is 6.92 Å². The van der Waals surface area contributed by atoms with Gasteiger partial charge in [-0.05, 0) is 36.4 Å². The number of ether oxygens (including phenoxy) is 4. The maximum absolute atomic E-state index is 13.5. The summed E-state index contributed by atoms with van der Waals surface area (Å²) < 4.78 is 23.0. The van der Waals surface area contributed by atoms with Crippen LogP contribution < -0.4 is 0 Å². The summed E-state index contributed by atoms with van der Waals surface area (Å²) in [6.45, 7) is 0.840. The number of alkyl halides is 1. The van der Waals surface area contributed by atoms with Gasteiger partial charge >= 0.3 is 17.9 Å². The molecule has 5 atom stereocenters. The van der Waals surface area contributed by atoms with Gasteiger partial charge in [-0.1, -0.05) is 64.5 Å². The maximum atomic E-state index is 13.5. The number of halogens is 1. The molecule has 5 rings (SSSR count). The van der Waals surface area contributed by atoms with Crippen LogP contribution in [0.4, 0.5) is 0 Å². The summed E-state index contributed by atoms with van der Waals surface area (Å²) in [7, 11) is 0. The fourth-order valence-corrected chi connectivity index (χ4v) is 5.58. The van der Waals surface area contributed by atoms with E-state index in [9.17, 15) is 24.0 Å². The topological polar surface area (TPSA) is 126 Å². The van der Waals surface area contributed by atoms with E-state index in [4.69, 9.17) is 18.9 Å². The van der Waals surface area contributed by atoms with Crippen molar-refractivity contribution >= 4 is 45.7 Å². The molecule has 3 aromatic carbocycles. The van der Waals surface area contributed by atoms with Gasteiger partial charge in [-0.2, -0.15) is 0 Å². The molecule has 3 aromatic rings. The summed E-state index contributed by atoms with van der Waals surface area (Å²) in [5.74, 6) is -3.44. The fraction of sp³-hybridized carbons (Fsp3) is 0.233. The van der Waals surface area contributed by atoms with Gasteiger partial charge in [-0.3, -0.25) is 19.3 Å². The Morgan fingerprint density at radius 2 is 1.22 bits per heavy atom. The van der Waals surface area contributed by atoms with Crippen molar-refractivity contribution in [3.63, 3.8) is 0 Å². The van der Waals surface area contributed by atoms with Crippen LogP contribution in [0.1, 0.15) is 48.4 Å². The number of carbonyl (C=O) groups is 5. The van der Waals surface area contributed by atoms with Crippen molar-refractivity contribution in [3.8, 4) is 0 Å². The molecule has 2 aliphatic rings. The van der Waals surface area contributed by atoms with E-state index in [1.807, 2.05) is 0 Å². The average Bonchev–Trinajstić information content (AvgIpc) is 3.23. The Morgan fingerprint density at radius 3 is 1.71 bits per heavy atom. The zero-order valence-electron chi connectivity index (χ0n) is 21.7. The van der Waals surface area contributed by atoms with Crippen LogP contribution in [0, 0.1) is 0 Å². The first kappa shape index (κ1) is 28.2. The van der Waals surface area contributed by atoms with E-state index in [0.717, 1.165) is 4.90 Å². The molecule has 2 aliphatic heterocycles. The summed E-state index contributed by atoms with van der Waals surface area (Å²) in [4.78, 5) is 66.2. The van der Waals surface area contributed by atoms with Crippen LogP contribution in [0.15, 0.2) is 84.9 Å².